The molecule has 0 aromatic heterocycles. The molecule has 0 fully saturated rings. The minimum Gasteiger partial charge on any atom is -0.254 e. The molecule has 0 amide bonds. The molecule has 1 heterocycles. The maximum atomic E-state index is 11.7. The molecule has 0 saturated heterocycles. The molecular formula is C10H11BOS. The van der Waals surface area contributed by atoms with Gasteiger partial charge in [0.2, 0.25) is 0 Å². The summed E-state index contributed by atoms with van der Waals surface area (Å²) in [5.41, 5.74) is 1.91. The molecule has 1 aliphatic heterocycles. The first kappa shape index (κ1) is 9.01. The summed E-state index contributed by atoms with van der Waals surface area (Å²) in [6.45, 7) is 4.21. The smallest absolute Gasteiger partial charge is 0.113 e. The van der Waals surface area contributed by atoms with Crippen LogP contribution in [0.5, 0.6) is 0 Å². The number of fused-ring (bicyclic) bond motifs is 1. The molecule has 0 spiro atoms. The lowest BCUT2D eigenvalue weighted by Crippen LogP contribution is -2.19. The van der Waals surface area contributed by atoms with Gasteiger partial charge in [0.05, 0.1) is 10.8 Å². The fourth-order valence-electron chi connectivity index (χ4n) is 1.76. The highest BCUT2D eigenvalue weighted by atomic mass is 32.2. The number of benzene rings is 1. The highest BCUT2D eigenvalue weighted by Gasteiger charge is 2.34. The molecule has 1 unspecified atom stereocenters. The van der Waals surface area contributed by atoms with E-state index in [1.54, 1.807) is 0 Å². The van der Waals surface area contributed by atoms with E-state index in [9.17, 15) is 4.21 Å². The molecule has 1 aliphatic rings. The van der Waals surface area contributed by atoms with E-state index < -0.39 is 10.8 Å². The summed E-state index contributed by atoms with van der Waals surface area (Å²) in [5, 5.41) is 0. The van der Waals surface area contributed by atoms with E-state index in [1.807, 2.05) is 18.2 Å². The van der Waals surface area contributed by atoms with Gasteiger partial charge in [0.15, 0.2) is 0 Å². The standard InChI is InChI=1S/C10H11BOS/c1-10(2)6-13(12)9-4-3-7(11)5-8(9)10/h3-5H,6H2,1-2H3. The van der Waals surface area contributed by atoms with Gasteiger partial charge in [-0.1, -0.05) is 31.4 Å². The Balaban J connectivity index is 2.66. The van der Waals surface area contributed by atoms with Crippen LogP contribution < -0.4 is 5.46 Å². The van der Waals surface area contributed by atoms with Gasteiger partial charge in [-0.25, -0.2) is 0 Å². The third kappa shape index (κ3) is 1.35. The molecule has 2 rings (SSSR count). The third-order valence-electron chi connectivity index (χ3n) is 2.47. The Bertz CT molecular complexity index is 385. The van der Waals surface area contributed by atoms with Crippen molar-refractivity contribution in [2.24, 2.45) is 0 Å². The van der Waals surface area contributed by atoms with Gasteiger partial charge < -0.3 is 0 Å². The number of hydrogen-bond donors (Lipinski definition) is 0. The summed E-state index contributed by atoms with van der Waals surface area (Å²) in [5.74, 6) is 0.714. The Labute approximate surface area is 82.4 Å². The van der Waals surface area contributed by atoms with E-state index in [0.29, 0.717) is 5.75 Å². The maximum Gasteiger partial charge on any atom is 0.113 e. The average Bonchev–Trinajstić information content (AvgIpc) is 2.23. The predicted octanol–water partition coefficient (Wildman–Crippen LogP) is 0.879. The largest absolute Gasteiger partial charge is 0.254 e. The molecular weight excluding hydrogens is 179 g/mol. The lowest BCUT2D eigenvalue weighted by atomic mass is 9.83. The van der Waals surface area contributed by atoms with Crippen LogP contribution in [0.2, 0.25) is 0 Å². The maximum absolute atomic E-state index is 11.7. The van der Waals surface area contributed by atoms with Crippen molar-refractivity contribution < 1.29 is 4.21 Å². The zero-order valence-electron chi connectivity index (χ0n) is 7.83. The summed E-state index contributed by atoms with van der Waals surface area (Å²) < 4.78 is 11.7. The first-order valence-electron chi connectivity index (χ1n) is 4.29. The summed E-state index contributed by atoms with van der Waals surface area (Å²) in [4.78, 5) is 0.958. The Morgan fingerprint density at radius 3 is 2.85 bits per heavy atom. The normalized spacial score (nSPS) is 24.3. The zero-order chi connectivity index (χ0) is 9.64. The highest BCUT2D eigenvalue weighted by Crippen LogP contribution is 2.36. The second-order valence-electron chi connectivity index (χ2n) is 4.13. The van der Waals surface area contributed by atoms with Crippen LogP contribution in [-0.2, 0) is 16.2 Å². The van der Waals surface area contributed by atoms with Crippen molar-refractivity contribution in [3.8, 4) is 0 Å². The van der Waals surface area contributed by atoms with E-state index in [1.165, 1.54) is 0 Å². The van der Waals surface area contributed by atoms with Gasteiger partial charge in [0, 0.05) is 16.1 Å². The van der Waals surface area contributed by atoms with E-state index >= 15 is 0 Å². The van der Waals surface area contributed by atoms with Gasteiger partial charge in [-0.05, 0) is 11.6 Å². The van der Waals surface area contributed by atoms with Crippen molar-refractivity contribution in [2.45, 2.75) is 24.2 Å². The molecule has 66 valence electrons. The van der Waals surface area contributed by atoms with Gasteiger partial charge in [0.1, 0.15) is 7.85 Å². The first-order valence-corrected chi connectivity index (χ1v) is 5.61. The second-order valence-corrected chi connectivity index (χ2v) is 5.55. The van der Waals surface area contributed by atoms with E-state index in [2.05, 4.69) is 13.8 Å². The molecule has 0 aliphatic carbocycles. The molecule has 1 atom stereocenters. The van der Waals surface area contributed by atoms with Crippen LogP contribution in [0.1, 0.15) is 19.4 Å². The molecule has 1 aromatic rings. The van der Waals surface area contributed by atoms with Crippen LogP contribution >= 0.6 is 0 Å². The third-order valence-corrected chi connectivity index (χ3v) is 4.30. The van der Waals surface area contributed by atoms with Crippen LogP contribution in [0, 0.1) is 0 Å². The van der Waals surface area contributed by atoms with Gasteiger partial charge in [-0.2, -0.15) is 0 Å². The van der Waals surface area contributed by atoms with Gasteiger partial charge in [-0.15, -0.1) is 0 Å². The van der Waals surface area contributed by atoms with Crippen molar-refractivity contribution in [2.75, 3.05) is 5.75 Å². The Hall–Kier alpha value is -0.565. The van der Waals surface area contributed by atoms with Crippen LogP contribution in [0.4, 0.5) is 0 Å². The SMILES string of the molecule is [B]c1ccc2c(c1)C(C)(C)CS2=O. The van der Waals surface area contributed by atoms with Crippen LogP contribution in [-0.4, -0.2) is 17.8 Å². The molecule has 0 bridgehead atoms. The number of rotatable bonds is 0. The summed E-state index contributed by atoms with van der Waals surface area (Å²) in [6, 6.07) is 5.65. The van der Waals surface area contributed by atoms with Crippen LogP contribution in [0.25, 0.3) is 0 Å². The molecule has 0 saturated carbocycles. The molecule has 3 heteroatoms. The summed E-state index contributed by atoms with van der Waals surface area (Å²) in [6.07, 6.45) is 0. The molecule has 1 aromatic carbocycles. The first-order chi connectivity index (χ1) is 6.00. The monoisotopic (exact) mass is 190 g/mol. The Kier molecular flexibility index (Phi) is 1.88. The van der Waals surface area contributed by atoms with Crippen molar-refractivity contribution in [3.63, 3.8) is 0 Å². The molecule has 0 N–H and O–H groups in total. The van der Waals surface area contributed by atoms with E-state index in [-0.39, 0.29) is 5.41 Å². The van der Waals surface area contributed by atoms with Gasteiger partial charge in [0.25, 0.3) is 0 Å². The van der Waals surface area contributed by atoms with Crippen molar-refractivity contribution >= 4 is 24.1 Å². The van der Waals surface area contributed by atoms with Gasteiger partial charge >= 0.3 is 0 Å². The Morgan fingerprint density at radius 2 is 2.15 bits per heavy atom. The highest BCUT2D eigenvalue weighted by molar-refractivity contribution is 7.85. The average molecular weight is 190 g/mol. The quantitative estimate of drug-likeness (QED) is 0.555. The lowest BCUT2D eigenvalue weighted by Gasteiger charge is -2.17. The van der Waals surface area contributed by atoms with Crippen molar-refractivity contribution in [1.82, 2.24) is 0 Å². The predicted molar refractivity (Wildman–Crippen MR) is 56.1 cm³/mol. The fourth-order valence-corrected chi connectivity index (χ4v) is 3.53. The van der Waals surface area contributed by atoms with E-state index in [4.69, 9.17) is 7.85 Å². The van der Waals surface area contributed by atoms with Crippen LogP contribution in [0.15, 0.2) is 23.1 Å². The van der Waals surface area contributed by atoms with Crippen molar-refractivity contribution in [3.05, 3.63) is 23.8 Å². The Morgan fingerprint density at radius 1 is 1.46 bits per heavy atom. The second kappa shape index (κ2) is 2.71. The number of hydrogen-bond acceptors (Lipinski definition) is 1. The fraction of sp³-hybridized carbons (Fsp3) is 0.400. The van der Waals surface area contributed by atoms with Crippen molar-refractivity contribution in [1.29, 1.82) is 0 Å². The minimum atomic E-state index is -0.831. The topological polar surface area (TPSA) is 17.1 Å². The zero-order valence-corrected chi connectivity index (χ0v) is 8.65. The molecule has 2 radical (unpaired) electrons. The molecule has 13 heavy (non-hydrogen) atoms. The van der Waals surface area contributed by atoms with Gasteiger partial charge in [-0.3, -0.25) is 4.21 Å². The lowest BCUT2D eigenvalue weighted by molar-refractivity contribution is 0.599. The van der Waals surface area contributed by atoms with E-state index in [0.717, 1.165) is 15.9 Å². The minimum absolute atomic E-state index is 0.00950. The summed E-state index contributed by atoms with van der Waals surface area (Å²) >= 11 is 0. The van der Waals surface area contributed by atoms with Crippen LogP contribution in [0.3, 0.4) is 0 Å². The summed E-state index contributed by atoms with van der Waals surface area (Å²) in [7, 11) is 4.87. The molecule has 1 nitrogen and oxygen atoms in total.